The molecule has 1 unspecified atom stereocenters. The summed E-state index contributed by atoms with van der Waals surface area (Å²) in [6, 6.07) is 0. The number of carboxylic acids is 1. The van der Waals surface area contributed by atoms with Gasteiger partial charge < -0.3 is 20.4 Å². The highest BCUT2D eigenvalue weighted by Gasteiger charge is 2.75. The van der Waals surface area contributed by atoms with Crippen LogP contribution in [0.4, 0.5) is 8.78 Å². The van der Waals surface area contributed by atoms with Gasteiger partial charge in [0, 0.05) is 23.2 Å². The van der Waals surface area contributed by atoms with Crippen molar-refractivity contribution in [2.24, 2.45) is 28.6 Å². The summed E-state index contributed by atoms with van der Waals surface area (Å²) in [6.45, 7) is 5.25. The Labute approximate surface area is 195 Å². The monoisotopic (exact) mass is 518 g/mol. The van der Waals surface area contributed by atoms with Gasteiger partial charge in [-0.15, -0.1) is 0 Å². The van der Waals surface area contributed by atoms with Gasteiger partial charge in [0.2, 0.25) is 0 Å². The Balaban J connectivity index is 1.77. The molecule has 5 nitrogen and oxygen atoms in total. The molecule has 4 aliphatic rings. The van der Waals surface area contributed by atoms with Crippen LogP contribution in [0.5, 0.6) is 0 Å². The number of aliphatic carboxylic acids is 1. The van der Waals surface area contributed by atoms with Gasteiger partial charge in [-0.05, 0) is 54.5 Å². The van der Waals surface area contributed by atoms with Crippen LogP contribution in [0.1, 0.15) is 59.3 Å². The zero-order chi connectivity index (χ0) is 23.9. The first-order chi connectivity index (χ1) is 14.7. The number of allylic oxidation sites excluding steroid dienone is 4. The molecule has 0 aromatic carbocycles. The third-order valence-electron chi connectivity index (χ3n) is 9.47. The number of aliphatic hydroxyl groups is 3. The first-order valence-corrected chi connectivity index (χ1v) is 12.2. The molecule has 0 radical (unpaired) electrons. The van der Waals surface area contributed by atoms with Crippen molar-refractivity contribution < 1.29 is 34.0 Å². The van der Waals surface area contributed by atoms with Crippen LogP contribution in [0.2, 0.25) is 0 Å². The van der Waals surface area contributed by atoms with Crippen LogP contribution >= 0.6 is 15.9 Å². The molecule has 0 spiro atoms. The topological polar surface area (TPSA) is 98.0 Å². The van der Waals surface area contributed by atoms with Gasteiger partial charge in [0.15, 0.2) is 5.67 Å². The number of carbonyl (C=O) groups is 1. The summed E-state index contributed by atoms with van der Waals surface area (Å²) in [5, 5.41) is 42.5. The van der Waals surface area contributed by atoms with E-state index >= 15 is 8.78 Å². The second kappa shape index (κ2) is 7.59. The molecule has 10 atom stereocenters. The Morgan fingerprint density at radius 1 is 1.31 bits per heavy atom. The summed E-state index contributed by atoms with van der Waals surface area (Å²) in [4.78, 5) is 11.1. The molecule has 0 aromatic heterocycles. The average molecular weight is 519 g/mol. The van der Waals surface area contributed by atoms with Gasteiger partial charge in [0.25, 0.3) is 0 Å². The summed E-state index contributed by atoms with van der Waals surface area (Å²) in [5.74, 6) is -2.78. The van der Waals surface area contributed by atoms with Crippen molar-refractivity contribution in [2.45, 2.75) is 88.9 Å². The zero-order valence-electron chi connectivity index (χ0n) is 18.7. The number of rotatable bonds is 4. The van der Waals surface area contributed by atoms with Crippen LogP contribution in [0.25, 0.3) is 0 Å². The molecule has 0 aromatic rings. The predicted octanol–water partition coefficient (Wildman–Crippen LogP) is 4.05. The van der Waals surface area contributed by atoms with E-state index in [1.807, 2.05) is 6.92 Å². The molecule has 4 rings (SSSR count). The molecule has 180 valence electrons. The minimum absolute atomic E-state index is 0.0451. The van der Waals surface area contributed by atoms with Gasteiger partial charge in [0.05, 0.1) is 24.2 Å². The number of hydrogen-bond acceptors (Lipinski definition) is 4. The molecule has 3 saturated carbocycles. The molecule has 0 aliphatic heterocycles. The first kappa shape index (κ1) is 24.3. The number of fused-ring (bicyclic) bond motifs is 5. The third-order valence-corrected chi connectivity index (χ3v) is 10.0. The number of halogens is 3. The van der Waals surface area contributed by atoms with Crippen LogP contribution in [0.3, 0.4) is 0 Å². The van der Waals surface area contributed by atoms with E-state index in [0.29, 0.717) is 18.4 Å². The van der Waals surface area contributed by atoms with Gasteiger partial charge in [-0.3, -0.25) is 4.79 Å². The smallest absolute Gasteiger partial charge is 0.305 e. The first-order valence-electron chi connectivity index (χ1n) is 11.4. The SMILES string of the molecule is C[C@@H]1C[C@H]2[C@@H]3C[C@@H](F)C4=CCC(Br)=C[C@]4(C)[C@@]3(F)[C@@H](O)C[C@]2(C)[C@@]1(O)CC(O)CC(=O)O. The molecule has 4 aliphatic carbocycles. The second-order valence-electron chi connectivity index (χ2n) is 11.0. The van der Waals surface area contributed by atoms with Crippen molar-refractivity contribution in [1.82, 2.24) is 0 Å². The zero-order valence-corrected chi connectivity index (χ0v) is 20.3. The molecule has 0 saturated heterocycles. The van der Waals surface area contributed by atoms with E-state index in [4.69, 9.17) is 5.11 Å². The van der Waals surface area contributed by atoms with Crippen LogP contribution in [-0.2, 0) is 4.79 Å². The maximum atomic E-state index is 17.2. The molecule has 0 bridgehead atoms. The van der Waals surface area contributed by atoms with Crippen molar-refractivity contribution in [3.05, 3.63) is 22.2 Å². The fourth-order valence-corrected chi connectivity index (χ4v) is 8.51. The number of aliphatic hydroxyl groups excluding tert-OH is 2. The van der Waals surface area contributed by atoms with Crippen LogP contribution in [-0.4, -0.2) is 56.0 Å². The minimum atomic E-state index is -2.10. The van der Waals surface area contributed by atoms with Gasteiger partial charge in [-0.25, -0.2) is 8.78 Å². The van der Waals surface area contributed by atoms with E-state index in [9.17, 15) is 20.1 Å². The number of hydrogen-bond donors (Lipinski definition) is 4. The molecular formula is C24H33BrF2O5. The number of alkyl halides is 2. The molecule has 32 heavy (non-hydrogen) atoms. The van der Waals surface area contributed by atoms with Crippen molar-refractivity contribution in [2.75, 3.05) is 0 Å². The maximum absolute atomic E-state index is 17.2. The highest BCUT2D eigenvalue weighted by atomic mass is 79.9. The van der Waals surface area contributed by atoms with Crippen molar-refractivity contribution >= 4 is 21.9 Å². The summed E-state index contributed by atoms with van der Waals surface area (Å²) in [5.41, 5.74) is -5.52. The lowest BCUT2D eigenvalue weighted by atomic mass is 9.44. The van der Waals surface area contributed by atoms with Crippen molar-refractivity contribution in [1.29, 1.82) is 0 Å². The Bertz CT molecular complexity index is 878. The summed E-state index contributed by atoms with van der Waals surface area (Å²) >= 11 is 3.44. The minimum Gasteiger partial charge on any atom is -0.481 e. The van der Waals surface area contributed by atoms with Crippen molar-refractivity contribution in [3.63, 3.8) is 0 Å². The summed E-state index contributed by atoms with van der Waals surface area (Å²) in [6.07, 6.45) is -0.529. The van der Waals surface area contributed by atoms with Gasteiger partial charge in [0.1, 0.15) is 6.17 Å². The largest absolute Gasteiger partial charge is 0.481 e. The summed E-state index contributed by atoms with van der Waals surface area (Å²) < 4.78 is 33.4. The van der Waals surface area contributed by atoms with Crippen LogP contribution in [0, 0.1) is 28.6 Å². The molecular weight excluding hydrogens is 486 g/mol. The molecule has 4 N–H and O–H groups in total. The lowest BCUT2D eigenvalue weighted by molar-refractivity contribution is -0.229. The highest BCUT2D eigenvalue weighted by molar-refractivity contribution is 9.11. The van der Waals surface area contributed by atoms with Gasteiger partial charge in [-0.2, -0.15) is 0 Å². The standard InChI is InChI=1S/C24H33BrF2O5/c1-12-6-16-17-8-18(26)15-5-4-13(25)9-22(15,3)24(17,27)19(29)11-21(16,2)23(12,32)10-14(28)7-20(30)31/h5,9,12,14,16-19,28-29,32H,4,6-8,10-11H2,1-3H3,(H,30,31)/t12-,14?,16+,17+,18-,19+,21+,22+,23-,24+/m1/s1. The Morgan fingerprint density at radius 3 is 2.59 bits per heavy atom. The van der Waals surface area contributed by atoms with Crippen LogP contribution < -0.4 is 0 Å². The fraction of sp³-hybridized carbons (Fsp3) is 0.792. The summed E-state index contributed by atoms with van der Waals surface area (Å²) in [7, 11) is 0. The third kappa shape index (κ3) is 3.05. The number of carboxylic acid groups (broad SMARTS) is 1. The lowest BCUT2D eigenvalue weighted by Crippen LogP contribution is -2.69. The Hall–Kier alpha value is -0.830. The molecule has 8 heteroatoms. The quantitative estimate of drug-likeness (QED) is 0.421. The van der Waals surface area contributed by atoms with Crippen LogP contribution in [0.15, 0.2) is 22.2 Å². The van der Waals surface area contributed by atoms with E-state index < -0.39 is 64.7 Å². The Morgan fingerprint density at radius 2 is 1.97 bits per heavy atom. The lowest BCUT2D eigenvalue weighted by Gasteiger charge is -2.63. The van der Waals surface area contributed by atoms with Crippen molar-refractivity contribution in [3.8, 4) is 0 Å². The fourth-order valence-electron chi connectivity index (χ4n) is 7.89. The highest BCUT2D eigenvalue weighted by Crippen LogP contribution is 2.71. The van der Waals surface area contributed by atoms with E-state index in [1.54, 1.807) is 26.0 Å². The Kier molecular flexibility index (Phi) is 5.76. The van der Waals surface area contributed by atoms with E-state index in [1.165, 1.54) is 0 Å². The average Bonchev–Trinajstić information content (AvgIpc) is 2.84. The maximum Gasteiger partial charge on any atom is 0.305 e. The molecule has 0 heterocycles. The molecule has 0 amide bonds. The van der Waals surface area contributed by atoms with E-state index in [2.05, 4.69) is 15.9 Å². The second-order valence-corrected chi connectivity index (χ2v) is 12.0. The van der Waals surface area contributed by atoms with Gasteiger partial charge >= 0.3 is 5.97 Å². The van der Waals surface area contributed by atoms with E-state index in [-0.39, 0.29) is 25.2 Å². The van der Waals surface area contributed by atoms with E-state index in [0.717, 1.165) is 4.48 Å². The normalized spacial score (nSPS) is 51.1. The van der Waals surface area contributed by atoms with Gasteiger partial charge in [-0.1, -0.05) is 41.9 Å². The predicted molar refractivity (Wildman–Crippen MR) is 118 cm³/mol. The molecule has 3 fully saturated rings.